The van der Waals surface area contributed by atoms with Crippen LogP contribution in [0.3, 0.4) is 0 Å². The van der Waals surface area contributed by atoms with Gasteiger partial charge in [0.05, 0.1) is 5.75 Å². The monoisotopic (exact) mass is 372 g/mol. The van der Waals surface area contributed by atoms with Gasteiger partial charge in [0.15, 0.2) is 5.16 Å². The molecule has 1 heterocycles. The highest BCUT2D eigenvalue weighted by molar-refractivity contribution is 7.99. The lowest BCUT2D eigenvalue weighted by Gasteiger charge is -2.23. The maximum Gasteiger partial charge on any atom is 0.233 e. The Labute approximate surface area is 160 Å². The Bertz CT molecular complexity index is 735. The smallest absolute Gasteiger partial charge is 0.233 e. The summed E-state index contributed by atoms with van der Waals surface area (Å²) in [4.78, 5) is 14.9. The number of nitrogens with zero attached hydrogens (tertiary/aromatic N) is 4. The number of thioether (sulfide) groups is 1. The second-order valence-corrected chi connectivity index (χ2v) is 8.49. The van der Waals surface area contributed by atoms with Crippen molar-refractivity contribution in [2.24, 2.45) is 0 Å². The third-order valence-electron chi connectivity index (χ3n) is 4.73. The van der Waals surface area contributed by atoms with Gasteiger partial charge >= 0.3 is 0 Å². The standard InChI is InChI=1S/C20H28N4OS/c1-14(2)17-7-5-16(6-8-17)11-23(18-9-10-18)19(25)12-26-20-22-21-13-24(20)15(3)4/h5-8,13-15,18H,9-12H2,1-4H3. The van der Waals surface area contributed by atoms with Crippen molar-refractivity contribution in [3.8, 4) is 0 Å². The summed E-state index contributed by atoms with van der Waals surface area (Å²) in [7, 11) is 0. The van der Waals surface area contributed by atoms with Crippen LogP contribution in [0.25, 0.3) is 0 Å². The van der Waals surface area contributed by atoms with Gasteiger partial charge in [0.25, 0.3) is 0 Å². The molecule has 0 N–H and O–H groups in total. The molecule has 0 spiro atoms. The Morgan fingerprint density at radius 3 is 2.50 bits per heavy atom. The topological polar surface area (TPSA) is 51.0 Å². The largest absolute Gasteiger partial charge is 0.335 e. The van der Waals surface area contributed by atoms with Crippen LogP contribution in [-0.4, -0.2) is 37.4 Å². The highest BCUT2D eigenvalue weighted by Crippen LogP contribution is 2.30. The fourth-order valence-electron chi connectivity index (χ4n) is 2.91. The Morgan fingerprint density at radius 2 is 1.92 bits per heavy atom. The van der Waals surface area contributed by atoms with Crippen molar-refractivity contribution in [1.29, 1.82) is 0 Å². The number of carbonyl (C=O) groups excluding carboxylic acids is 1. The van der Waals surface area contributed by atoms with Gasteiger partial charge in [0.1, 0.15) is 6.33 Å². The van der Waals surface area contributed by atoms with Crippen LogP contribution in [0.5, 0.6) is 0 Å². The van der Waals surface area contributed by atoms with Gasteiger partial charge in [0, 0.05) is 18.6 Å². The predicted octanol–water partition coefficient (Wildman–Crippen LogP) is 4.27. The molecule has 6 heteroatoms. The quantitative estimate of drug-likeness (QED) is 0.650. The third kappa shape index (κ3) is 4.67. The summed E-state index contributed by atoms with van der Waals surface area (Å²) >= 11 is 1.48. The minimum absolute atomic E-state index is 0.184. The van der Waals surface area contributed by atoms with E-state index in [1.54, 1.807) is 6.33 Å². The van der Waals surface area contributed by atoms with Crippen LogP contribution in [0.15, 0.2) is 35.7 Å². The van der Waals surface area contributed by atoms with E-state index in [4.69, 9.17) is 0 Å². The van der Waals surface area contributed by atoms with Crippen LogP contribution >= 0.6 is 11.8 Å². The zero-order valence-electron chi connectivity index (χ0n) is 16.1. The summed E-state index contributed by atoms with van der Waals surface area (Å²) < 4.78 is 2.00. The number of hydrogen-bond acceptors (Lipinski definition) is 4. The second kappa shape index (κ2) is 8.25. The molecule has 5 nitrogen and oxygen atoms in total. The molecule has 1 aromatic heterocycles. The molecule has 1 amide bonds. The van der Waals surface area contributed by atoms with Gasteiger partial charge in [-0.1, -0.05) is 49.9 Å². The lowest BCUT2D eigenvalue weighted by Crippen LogP contribution is -2.34. The van der Waals surface area contributed by atoms with E-state index < -0.39 is 0 Å². The molecule has 140 valence electrons. The van der Waals surface area contributed by atoms with Crippen molar-refractivity contribution < 1.29 is 4.79 Å². The average molecular weight is 373 g/mol. The molecule has 3 rings (SSSR count). The van der Waals surface area contributed by atoms with Crippen molar-refractivity contribution in [3.63, 3.8) is 0 Å². The maximum atomic E-state index is 12.8. The highest BCUT2D eigenvalue weighted by Gasteiger charge is 2.32. The molecule has 1 aliphatic carbocycles. The second-order valence-electron chi connectivity index (χ2n) is 7.55. The Balaban J connectivity index is 1.62. The van der Waals surface area contributed by atoms with Crippen LogP contribution in [0.2, 0.25) is 0 Å². The molecular weight excluding hydrogens is 344 g/mol. The molecule has 1 saturated carbocycles. The number of benzene rings is 1. The number of amides is 1. The van der Waals surface area contributed by atoms with E-state index in [1.807, 2.05) is 9.47 Å². The molecule has 0 aliphatic heterocycles. The Kier molecular flexibility index (Phi) is 6.01. The van der Waals surface area contributed by atoms with Gasteiger partial charge in [0.2, 0.25) is 5.91 Å². The summed E-state index contributed by atoms with van der Waals surface area (Å²) in [6.45, 7) is 9.27. The van der Waals surface area contributed by atoms with Crippen molar-refractivity contribution in [1.82, 2.24) is 19.7 Å². The predicted molar refractivity (Wildman–Crippen MR) is 105 cm³/mol. The van der Waals surface area contributed by atoms with Crippen LogP contribution in [-0.2, 0) is 11.3 Å². The minimum atomic E-state index is 0.184. The highest BCUT2D eigenvalue weighted by atomic mass is 32.2. The Morgan fingerprint density at radius 1 is 1.23 bits per heavy atom. The van der Waals surface area contributed by atoms with Crippen LogP contribution < -0.4 is 0 Å². The SMILES string of the molecule is CC(C)c1ccc(CN(C(=O)CSc2nncn2C(C)C)C2CC2)cc1. The first kappa shape index (κ1) is 19.0. The number of rotatable bonds is 8. The lowest BCUT2D eigenvalue weighted by atomic mass is 10.0. The molecule has 2 aromatic rings. The minimum Gasteiger partial charge on any atom is -0.335 e. The molecule has 0 unspecified atom stereocenters. The van der Waals surface area contributed by atoms with Gasteiger partial charge in [-0.05, 0) is 43.7 Å². The first-order valence-corrected chi connectivity index (χ1v) is 10.3. The first-order chi connectivity index (χ1) is 12.5. The molecule has 0 radical (unpaired) electrons. The van der Waals surface area contributed by atoms with Crippen molar-refractivity contribution >= 4 is 17.7 Å². The number of aromatic nitrogens is 3. The van der Waals surface area contributed by atoms with Gasteiger partial charge in [-0.2, -0.15) is 0 Å². The van der Waals surface area contributed by atoms with Crippen molar-refractivity contribution in [2.45, 2.75) is 70.2 Å². The van der Waals surface area contributed by atoms with Crippen molar-refractivity contribution in [3.05, 3.63) is 41.7 Å². The lowest BCUT2D eigenvalue weighted by molar-refractivity contribution is -0.129. The molecule has 1 fully saturated rings. The molecule has 0 saturated heterocycles. The summed E-state index contributed by atoms with van der Waals surface area (Å²) in [6.07, 6.45) is 3.96. The van der Waals surface area contributed by atoms with Gasteiger partial charge in [-0.3, -0.25) is 4.79 Å². The zero-order valence-corrected chi connectivity index (χ0v) is 16.9. The van der Waals surface area contributed by atoms with Crippen molar-refractivity contribution in [2.75, 3.05) is 5.75 Å². The molecule has 0 bridgehead atoms. The summed E-state index contributed by atoms with van der Waals surface area (Å²) in [6, 6.07) is 9.35. The van der Waals surface area contributed by atoms with E-state index in [-0.39, 0.29) is 5.91 Å². The van der Waals surface area contributed by atoms with Crippen LogP contribution in [0.4, 0.5) is 0 Å². The van der Waals surface area contributed by atoms with Gasteiger partial charge in [-0.15, -0.1) is 10.2 Å². The summed E-state index contributed by atoms with van der Waals surface area (Å²) in [5.41, 5.74) is 2.53. The van der Waals surface area contributed by atoms with E-state index in [0.717, 1.165) is 18.0 Å². The van der Waals surface area contributed by atoms with E-state index in [2.05, 4.69) is 62.2 Å². The van der Waals surface area contributed by atoms with Crippen LogP contribution in [0.1, 0.15) is 63.6 Å². The molecular formula is C20H28N4OS. The maximum absolute atomic E-state index is 12.8. The van der Waals surface area contributed by atoms with Gasteiger partial charge in [-0.25, -0.2) is 0 Å². The molecule has 1 aromatic carbocycles. The Hall–Kier alpha value is -1.82. The average Bonchev–Trinajstić information content (AvgIpc) is 3.34. The zero-order chi connectivity index (χ0) is 18.7. The third-order valence-corrected chi connectivity index (χ3v) is 5.67. The van der Waals surface area contributed by atoms with E-state index >= 15 is 0 Å². The molecule has 0 atom stereocenters. The fraction of sp³-hybridized carbons (Fsp3) is 0.550. The fourth-order valence-corrected chi connectivity index (χ4v) is 3.84. The molecule has 26 heavy (non-hydrogen) atoms. The number of carbonyl (C=O) groups is 1. The van der Waals surface area contributed by atoms with E-state index in [1.165, 1.54) is 22.9 Å². The molecule has 1 aliphatic rings. The first-order valence-electron chi connectivity index (χ1n) is 9.36. The van der Waals surface area contributed by atoms with E-state index in [0.29, 0.717) is 30.3 Å². The normalized spacial score (nSPS) is 14.2. The van der Waals surface area contributed by atoms with E-state index in [9.17, 15) is 4.79 Å². The van der Waals surface area contributed by atoms with Crippen LogP contribution in [0, 0.1) is 0 Å². The number of hydrogen-bond donors (Lipinski definition) is 0. The van der Waals surface area contributed by atoms with Gasteiger partial charge < -0.3 is 9.47 Å². The summed E-state index contributed by atoms with van der Waals surface area (Å²) in [5, 5.41) is 8.93. The summed E-state index contributed by atoms with van der Waals surface area (Å²) in [5.74, 6) is 1.12.